The molecular weight excluding hydrogens is 246 g/mol. The molecule has 0 saturated carbocycles. The van der Waals surface area contributed by atoms with Crippen molar-refractivity contribution in [2.75, 3.05) is 17.6 Å². The van der Waals surface area contributed by atoms with Crippen molar-refractivity contribution < 1.29 is 8.78 Å². The van der Waals surface area contributed by atoms with Crippen molar-refractivity contribution in [3.8, 4) is 0 Å². The molecule has 0 bridgehead atoms. The van der Waals surface area contributed by atoms with Crippen molar-refractivity contribution in [1.82, 2.24) is 9.97 Å². The molecular formula is C10H10F2N4S. The fraction of sp³-hybridized carbons (Fsp3) is 0.200. The minimum absolute atomic E-state index is 0.0425. The van der Waals surface area contributed by atoms with Gasteiger partial charge in [-0.1, -0.05) is 0 Å². The van der Waals surface area contributed by atoms with E-state index >= 15 is 0 Å². The fourth-order valence-electron chi connectivity index (χ4n) is 1.27. The van der Waals surface area contributed by atoms with Gasteiger partial charge >= 0.3 is 0 Å². The second kappa shape index (κ2) is 5.05. The van der Waals surface area contributed by atoms with Crippen LogP contribution < -0.4 is 11.1 Å². The van der Waals surface area contributed by atoms with Crippen LogP contribution in [-0.4, -0.2) is 16.5 Å². The summed E-state index contributed by atoms with van der Waals surface area (Å²) in [5.41, 5.74) is 7.89. The van der Waals surface area contributed by atoms with Gasteiger partial charge in [0.05, 0.1) is 11.2 Å². The summed E-state index contributed by atoms with van der Waals surface area (Å²) in [6.45, 7) is 0.457. The van der Waals surface area contributed by atoms with E-state index < -0.39 is 11.6 Å². The molecule has 0 unspecified atom stereocenters. The predicted molar refractivity (Wildman–Crippen MR) is 62.9 cm³/mol. The van der Waals surface area contributed by atoms with E-state index in [0.29, 0.717) is 19.0 Å². The minimum atomic E-state index is -0.854. The number of rotatable bonds is 4. The lowest BCUT2D eigenvalue weighted by Crippen LogP contribution is -2.10. The maximum Gasteiger partial charge on any atom is 0.168 e. The first-order valence-electron chi connectivity index (χ1n) is 4.89. The van der Waals surface area contributed by atoms with Crippen LogP contribution in [0.15, 0.2) is 17.0 Å². The van der Waals surface area contributed by atoms with Crippen molar-refractivity contribution in [3.63, 3.8) is 0 Å². The average molecular weight is 256 g/mol. The number of pyridine rings is 1. The van der Waals surface area contributed by atoms with Crippen LogP contribution in [0.2, 0.25) is 0 Å². The van der Waals surface area contributed by atoms with Crippen molar-refractivity contribution in [2.45, 2.75) is 6.42 Å². The SMILES string of the molecule is Nc1nc(NCCc2cscn2)c(F)cc1F. The van der Waals surface area contributed by atoms with Gasteiger partial charge in [-0.05, 0) is 0 Å². The molecule has 0 saturated heterocycles. The summed E-state index contributed by atoms with van der Waals surface area (Å²) in [5.74, 6) is -1.97. The molecule has 90 valence electrons. The number of aromatic nitrogens is 2. The van der Waals surface area contributed by atoms with Crippen LogP contribution in [0.5, 0.6) is 0 Å². The third-order valence-corrected chi connectivity index (χ3v) is 2.75. The van der Waals surface area contributed by atoms with Gasteiger partial charge < -0.3 is 11.1 Å². The molecule has 0 fully saturated rings. The molecule has 0 amide bonds. The van der Waals surface area contributed by atoms with Gasteiger partial charge in [0, 0.05) is 24.4 Å². The minimum Gasteiger partial charge on any atom is -0.381 e. The maximum absolute atomic E-state index is 13.3. The van der Waals surface area contributed by atoms with E-state index in [2.05, 4.69) is 15.3 Å². The molecule has 17 heavy (non-hydrogen) atoms. The van der Waals surface area contributed by atoms with Crippen molar-refractivity contribution in [2.24, 2.45) is 0 Å². The number of nitrogen functional groups attached to an aromatic ring is 1. The van der Waals surface area contributed by atoms with Gasteiger partial charge in [-0.3, -0.25) is 0 Å². The topological polar surface area (TPSA) is 63.8 Å². The van der Waals surface area contributed by atoms with E-state index in [9.17, 15) is 8.78 Å². The molecule has 0 aliphatic carbocycles. The highest BCUT2D eigenvalue weighted by atomic mass is 32.1. The highest BCUT2D eigenvalue weighted by molar-refractivity contribution is 7.07. The standard InChI is InChI=1S/C10H10F2N4S/c11-7-3-8(12)10(16-9(7)13)14-2-1-6-4-17-5-15-6/h3-5H,1-2H2,(H3,13,14,16). The van der Waals surface area contributed by atoms with Gasteiger partial charge in [0.1, 0.15) is 0 Å². The Balaban J connectivity index is 1.97. The van der Waals surface area contributed by atoms with Gasteiger partial charge in [-0.15, -0.1) is 11.3 Å². The first-order valence-corrected chi connectivity index (χ1v) is 5.83. The second-order valence-corrected chi connectivity index (χ2v) is 4.06. The summed E-state index contributed by atoms with van der Waals surface area (Å²) in [6, 6.07) is 0.716. The molecule has 2 heterocycles. The Morgan fingerprint density at radius 2 is 2.18 bits per heavy atom. The molecule has 0 aliphatic heterocycles. The van der Waals surface area contributed by atoms with Crippen LogP contribution in [0.25, 0.3) is 0 Å². The number of nitrogens with two attached hydrogens (primary N) is 1. The number of nitrogens with one attached hydrogen (secondary N) is 1. The molecule has 0 atom stereocenters. The number of hydrogen-bond donors (Lipinski definition) is 2. The third-order valence-electron chi connectivity index (χ3n) is 2.11. The highest BCUT2D eigenvalue weighted by Gasteiger charge is 2.09. The van der Waals surface area contributed by atoms with E-state index in [1.807, 2.05) is 5.38 Å². The normalized spacial score (nSPS) is 10.5. The zero-order valence-corrected chi connectivity index (χ0v) is 9.60. The van der Waals surface area contributed by atoms with Gasteiger partial charge in [-0.25, -0.2) is 18.7 Å². The first kappa shape index (κ1) is 11.7. The summed E-state index contributed by atoms with van der Waals surface area (Å²) >= 11 is 1.50. The van der Waals surface area contributed by atoms with E-state index in [1.54, 1.807) is 5.51 Å². The zero-order chi connectivity index (χ0) is 12.3. The fourth-order valence-corrected chi connectivity index (χ4v) is 1.87. The van der Waals surface area contributed by atoms with Crippen molar-refractivity contribution in [1.29, 1.82) is 0 Å². The average Bonchev–Trinajstić information content (AvgIpc) is 2.78. The smallest absolute Gasteiger partial charge is 0.168 e. The van der Waals surface area contributed by atoms with Crippen LogP contribution in [0.4, 0.5) is 20.4 Å². The van der Waals surface area contributed by atoms with Crippen LogP contribution in [0, 0.1) is 11.6 Å². The lowest BCUT2D eigenvalue weighted by Gasteiger charge is -2.06. The predicted octanol–water partition coefficient (Wildman–Crippen LogP) is 2.05. The summed E-state index contributed by atoms with van der Waals surface area (Å²) < 4.78 is 26.1. The van der Waals surface area contributed by atoms with E-state index in [1.165, 1.54) is 11.3 Å². The van der Waals surface area contributed by atoms with Gasteiger partial charge in [0.2, 0.25) is 0 Å². The second-order valence-electron chi connectivity index (χ2n) is 3.34. The molecule has 4 nitrogen and oxygen atoms in total. The Labute approximate surface area is 101 Å². The van der Waals surface area contributed by atoms with Gasteiger partial charge in [0.25, 0.3) is 0 Å². The zero-order valence-electron chi connectivity index (χ0n) is 8.78. The van der Waals surface area contributed by atoms with E-state index in [4.69, 9.17) is 5.73 Å². The molecule has 0 spiro atoms. The van der Waals surface area contributed by atoms with Gasteiger partial charge in [-0.2, -0.15) is 0 Å². The Hall–Kier alpha value is -1.76. The van der Waals surface area contributed by atoms with Crippen LogP contribution in [-0.2, 0) is 6.42 Å². The molecule has 7 heteroatoms. The monoisotopic (exact) mass is 256 g/mol. The Morgan fingerprint density at radius 1 is 1.35 bits per heavy atom. The number of nitrogens with zero attached hydrogens (tertiary/aromatic N) is 2. The van der Waals surface area contributed by atoms with Crippen LogP contribution in [0.1, 0.15) is 5.69 Å². The highest BCUT2D eigenvalue weighted by Crippen LogP contribution is 2.16. The summed E-state index contributed by atoms with van der Waals surface area (Å²) in [4.78, 5) is 7.67. The lowest BCUT2D eigenvalue weighted by molar-refractivity contribution is 0.579. The molecule has 0 aromatic carbocycles. The number of hydrogen-bond acceptors (Lipinski definition) is 5. The molecule has 2 aromatic heterocycles. The molecule has 2 rings (SSSR count). The summed E-state index contributed by atoms with van der Waals surface area (Å²) in [7, 11) is 0. The van der Waals surface area contributed by atoms with E-state index in [-0.39, 0.29) is 11.6 Å². The number of halogens is 2. The van der Waals surface area contributed by atoms with Crippen molar-refractivity contribution >= 4 is 23.0 Å². The Kier molecular flexibility index (Phi) is 3.48. The van der Waals surface area contributed by atoms with Crippen LogP contribution >= 0.6 is 11.3 Å². The van der Waals surface area contributed by atoms with E-state index in [0.717, 1.165) is 5.69 Å². The van der Waals surface area contributed by atoms with Gasteiger partial charge in [0.15, 0.2) is 23.3 Å². The lowest BCUT2D eigenvalue weighted by atomic mass is 10.3. The maximum atomic E-state index is 13.3. The largest absolute Gasteiger partial charge is 0.381 e. The molecule has 3 N–H and O–H groups in total. The Morgan fingerprint density at radius 3 is 2.88 bits per heavy atom. The van der Waals surface area contributed by atoms with Crippen LogP contribution in [0.3, 0.4) is 0 Å². The quantitative estimate of drug-likeness (QED) is 0.878. The third kappa shape index (κ3) is 2.88. The number of thiazole rings is 1. The molecule has 2 aromatic rings. The molecule has 0 aliphatic rings. The summed E-state index contributed by atoms with van der Waals surface area (Å²) in [5, 5.41) is 4.66. The first-order chi connectivity index (χ1) is 8.16. The summed E-state index contributed by atoms with van der Waals surface area (Å²) in [6.07, 6.45) is 0.641. The number of anilines is 2. The molecule has 0 radical (unpaired) electrons. The Bertz CT molecular complexity index is 501. The van der Waals surface area contributed by atoms with Crippen molar-refractivity contribution in [3.05, 3.63) is 34.3 Å².